The molecule has 94 valence electrons. The second-order valence-corrected chi connectivity index (χ2v) is 5.05. The van der Waals surface area contributed by atoms with Crippen molar-refractivity contribution in [1.82, 2.24) is 4.90 Å². The van der Waals surface area contributed by atoms with Gasteiger partial charge in [-0.15, -0.1) is 0 Å². The fourth-order valence-corrected chi connectivity index (χ4v) is 2.13. The molecule has 0 radical (unpaired) electrons. The molecule has 0 fully saturated rings. The smallest absolute Gasteiger partial charge is 0.389 e. The first kappa shape index (κ1) is 14.1. The summed E-state index contributed by atoms with van der Waals surface area (Å²) in [5.74, 6) is 0.483. The normalized spacial score (nSPS) is 10.1. The average molecular weight is 276 g/mol. The number of rotatable bonds is 1. The Balaban J connectivity index is 3.15. The molecule has 1 aromatic carbocycles. The number of benzene rings is 1. The van der Waals surface area contributed by atoms with Crippen LogP contribution in [0.5, 0.6) is 5.75 Å². The van der Waals surface area contributed by atoms with E-state index < -0.39 is 0 Å². The molecule has 0 heterocycles. The number of hydrogen-bond acceptors (Lipinski definition) is 1. The Hall–Kier alpha value is -0.930. The van der Waals surface area contributed by atoms with E-state index in [1.807, 2.05) is 56.7 Å². The largest absolute Gasteiger partial charge is 0.450 e. The summed E-state index contributed by atoms with van der Waals surface area (Å²) in [6, 6.07) is 4.31. The summed E-state index contributed by atoms with van der Waals surface area (Å²) in [7, 11) is 7.58. The van der Waals surface area contributed by atoms with Gasteiger partial charge in [0, 0.05) is 0 Å². The molecule has 0 saturated carbocycles. The number of hydrogen-bond donors (Lipinski definition) is 0. The van der Waals surface area contributed by atoms with Crippen molar-refractivity contribution in [2.75, 3.05) is 28.2 Å². The maximum atomic E-state index is 6.13. The second-order valence-electron chi connectivity index (χ2n) is 4.23. The van der Waals surface area contributed by atoms with Crippen LogP contribution < -0.4 is 4.74 Å². The van der Waals surface area contributed by atoms with Crippen LogP contribution in [0.2, 0.25) is 10.0 Å². The molecule has 1 aromatic rings. The van der Waals surface area contributed by atoms with E-state index in [2.05, 4.69) is 0 Å². The lowest BCUT2D eigenvalue weighted by molar-refractivity contribution is -0.478. The minimum atomic E-state index is 0.483. The van der Waals surface area contributed by atoms with Crippen molar-refractivity contribution in [3.8, 4) is 5.75 Å². The van der Waals surface area contributed by atoms with Crippen LogP contribution in [0.25, 0.3) is 0 Å². The monoisotopic (exact) mass is 275 g/mol. The summed E-state index contributed by atoms with van der Waals surface area (Å²) in [6.07, 6.45) is 0. The van der Waals surface area contributed by atoms with Crippen molar-refractivity contribution < 1.29 is 9.31 Å². The van der Waals surface area contributed by atoms with Gasteiger partial charge in [0.05, 0.1) is 38.2 Å². The van der Waals surface area contributed by atoms with Crippen molar-refractivity contribution in [3.05, 3.63) is 27.7 Å². The fraction of sp³-hybridized carbons (Fsp3) is 0.417. The zero-order chi connectivity index (χ0) is 13.2. The molecule has 17 heavy (non-hydrogen) atoms. The molecule has 0 aliphatic rings. The van der Waals surface area contributed by atoms with E-state index in [1.54, 1.807) is 0 Å². The van der Waals surface area contributed by atoms with Crippen LogP contribution in [-0.4, -0.2) is 43.7 Å². The van der Waals surface area contributed by atoms with Crippen molar-refractivity contribution in [1.29, 1.82) is 0 Å². The van der Waals surface area contributed by atoms with Gasteiger partial charge in [-0.2, -0.15) is 0 Å². The van der Waals surface area contributed by atoms with E-state index in [0.29, 0.717) is 21.8 Å². The predicted molar refractivity (Wildman–Crippen MR) is 72.6 cm³/mol. The van der Waals surface area contributed by atoms with Crippen LogP contribution in [0.1, 0.15) is 5.56 Å². The van der Waals surface area contributed by atoms with E-state index in [-0.39, 0.29) is 0 Å². The van der Waals surface area contributed by atoms with Crippen LogP contribution in [0.4, 0.5) is 0 Å². The van der Waals surface area contributed by atoms with Crippen LogP contribution >= 0.6 is 23.2 Å². The first-order valence-corrected chi connectivity index (χ1v) is 5.93. The quantitative estimate of drug-likeness (QED) is 0.445. The fourth-order valence-electron chi connectivity index (χ4n) is 1.46. The second kappa shape index (κ2) is 5.61. The molecule has 0 unspecified atom stereocenters. The van der Waals surface area contributed by atoms with Gasteiger partial charge in [-0.25, -0.2) is 9.48 Å². The zero-order valence-electron chi connectivity index (χ0n) is 10.7. The Bertz CT molecular complexity index is 429. The lowest BCUT2D eigenvalue weighted by Gasteiger charge is -2.14. The van der Waals surface area contributed by atoms with E-state index in [0.717, 1.165) is 5.56 Å². The molecule has 0 bridgehead atoms. The number of halogens is 2. The van der Waals surface area contributed by atoms with Gasteiger partial charge in [0.2, 0.25) is 0 Å². The molecule has 0 aliphatic heterocycles. The summed E-state index contributed by atoms with van der Waals surface area (Å²) in [5, 5.41) is 1.02. The van der Waals surface area contributed by atoms with Crippen molar-refractivity contribution in [2.45, 2.75) is 6.92 Å². The topological polar surface area (TPSA) is 15.5 Å². The summed E-state index contributed by atoms with van der Waals surface area (Å²) >= 11 is 12.3. The molecule has 1 rings (SSSR count). The third kappa shape index (κ3) is 3.51. The van der Waals surface area contributed by atoms with Crippen molar-refractivity contribution >= 4 is 29.2 Å². The first-order valence-electron chi connectivity index (χ1n) is 5.18. The Kier molecular flexibility index (Phi) is 4.66. The van der Waals surface area contributed by atoms with Crippen LogP contribution in [0.15, 0.2) is 12.1 Å². The van der Waals surface area contributed by atoms with Gasteiger partial charge in [0.1, 0.15) is 0 Å². The third-order valence-electron chi connectivity index (χ3n) is 2.10. The highest BCUT2D eigenvalue weighted by atomic mass is 35.5. The molecule has 0 atom stereocenters. The molecule has 0 amide bonds. The van der Waals surface area contributed by atoms with Crippen LogP contribution in [0.3, 0.4) is 0 Å². The van der Waals surface area contributed by atoms with Gasteiger partial charge in [-0.3, -0.25) is 0 Å². The van der Waals surface area contributed by atoms with E-state index in [9.17, 15) is 0 Å². The molecule has 0 aliphatic carbocycles. The molecule has 3 nitrogen and oxygen atoms in total. The minimum absolute atomic E-state index is 0.483. The van der Waals surface area contributed by atoms with Gasteiger partial charge in [0.15, 0.2) is 5.75 Å². The molecular weight excluding hydrogens is 259 g/mol. The van der Waals surface area contributed by atoms with E-state index in [4.69, 9.17) is 27.9 Å². The molecule has 0 N–H and O–H groups in total. The Morgan fingerprint density at radius 3 is 2.00 bits per heavy atom. The minimum Gasteiger partial charge on any atom is -0.389 e. The van der Waals surface area contributed by atoms with Crippen molar-refractivity contribution in [2.24, 2.45) is 0 Å². The van der Waals surface area contributed by atoms with Gasteiger partial charge in [-0.05, 0) is 24.6 Å². The third-order valence-corrected chi connectivity index (χ3v) is 2.66. The van der Waals surface area contributed by atoms with Gasteiger partial charge < -0.3 is 4.74 Å². The van der Waals surface area contributed by atoms with Gasteiger partial charge in [-0.1, -0.05) is 23.2 Å². The van der Waals surface area contributed by atoms with E-state index >= 15 is 0 Å². The molecule has 0 spiro atoms. The molecule has 0 aromatic heterocycles. The Labute approximate surface area is 112 Å². The number of aryl methyl sites for hydroxylation is 1. The Morgan fingerprint density at radius 1 is 1.18 bits per heavy atom. The SMILES string of the molecule is Cc1cc(Cl)c(OC(N(C)C)=[N+](C)C)c(Cl)c1. The standard InChI is InChI=1S/C12H17Cl2N2O/c1-8-6-9(13)11(10(14)7-8)17-12(15(2)3)16(4)5/h6-7H,1-5H3/q+1. The summed E-state index contributed by atoms with van der Waals surface area (Å²) in [6.45, 7) is 1.93. The van der Waals surface area contributed by atoms with Crippen LogP contribution in [0, 0.1) is 6.92 Å². The molecule has 5 heteroatoms. The number of ether oxygens (including phenoxy) is 1. The van der Waals surface area contributed by atoms with Gasteiger partial charge >= 0.3 is 6.02 Å². The lowest BCUT2D eigenvalue weighted by Crippen LogP contribution is -2.34. The summed E-state index contributed by atoms with van der Waals surface area (Å²) in [4.78, 5) is 1.85. The Morgan fingerprint density at radius 2 is 1.65 bits per heavy atom. The van der Waals surface area contributed by atoms with Gasteiger partial charge in [0.25, 0.3) is 0 Å². The lowest BCUT2D eigenvalue weighted by atomic mass is 10.2. The number of amidine groups is 1. The van der Waals surface area contributed by atoms with Crippen molar-refractivity contribution in [3.63, 3.8) is 0 Å². The predicted octanol–water partition coefficient (Wildman–Crippen LogP) is 2.87. The summed E-state index contributed by atoms with van der Waals surface area (Å²) < 4.78 is 7.61. The average Bonchev–Trinajstić information content (AvgIpc) is 2.14. The first-order chi connectivity index (χ1) is 7.82. The highest BCUT2D eigenvalue weighted by Crippen LogP contribution is 2.34. The van der Waals surface area contributed by atoms with E-state index in [1.165, 1.54) is 0 Å². The van der Waals surface area contributed by atoms with Crippen LogP contribution in [-0.2, 0) is 0 Å². The highest BCUT2D eigenvalue weighted by molar-refractivity contribution is 6.37. The number of nitrogens with zero attached hydrogens (tertiary/aromatic N) is 2. The molecular formula is C12H17Cl2N2O+. The summed E-state index contributed by atoms with van der Waals surface area (Å²) in [5.41, 5.74) is 1.00. The maximum absolute atomic E-state index is 6.13. The maximum Gasteiger partial charge on any atom is 0.450 e. The molecule has 0 saturated heterocycles. The zero-order valence-corrected chi connectivity index (χ0v) is 12.2. The highest BCUT2D eigenvalue weighted by Gasteiger charge is 2.19.